The van der Waals surface area contributed by atoms with Gasteiger partial charge in [-0.3, -0.25) is 10.1 Å². The van der Waals surface area contributed by atoms with E-state index in [1.54, 1.807) is 0 Å². The molecule has 0 saturated heterocycles. The Morgan fingerprint density at radius 1 is 1.44 bits per heavy atom. The molecule has 90 valence electrons. The summed E-state index contributed by atoms with van der Waals surface area (Å²) >= 11 is 0. The lowest BCUT2D eigenvalue weighted by atomic mass is 10.3. The second kappa shape index (κ2) is 5.27. The highest BCUT2D eigenvalue weighted by atomic mass is 35.7. The molecule has 0 heterocycles. The standard InChI is InChI=1S/C7H9ClNO5PS/c1-14-15(12,13)16(8)7-4-2-6(3-5-7)9(10)11/h2-5,12-13H,1H3. The third kappa shape index (κ3) is 3.04. The number of hydrogen-bond acceptors (Lipinski definition) is 3. The Hall–Kier alpha value is -0.430. The van der Waals surface area contributed by atoms with Crippen molar-refractivity contribution < 1.29 is 19.2 Å². The molecule has 0 bridgehead atoms. The largest absolute Gasteiger partial charge is 0.327 e. The third-order valence-corrected chi connectivity index (χ3v) is 7.73. The minimum Gasteiger partial charge on any atom is -0.327 e. The molecule has 0 fully saturated rings. The van der Waals surface area contributed by atoms with Gasteiger partial charge in [-0.25, -0.2) is 0 Å². The summed E-state index contributed by atoms with van der Waals surface area (Å²) in [4.78, 5) is 29.1. The van der Waals surface area contributed by atoms with Gasteiger partial charge in [0.25, 0.3) is 12.4 Å². The lowest BCUT2D eigenvalue weighted by Crippen LogP contribution is -1.92. The van der Waals surface area contributed by atoms with E-state index in [1.165, 1.54) is 24.3 Å². The van der Waals surface area contributed by atoms with Crippen molar-refractivity contribution in [3.05, 3.63) is 34.4 Å². The molecule has 1 rings (SSSR count). The quantitative estimate of drug-likeness (QED) is 0.503. The fourth-order valence-electron chi connectivity index (χ4n) is 0.883. The Labute approximate surface area is 98.3 Å². The van der Waals surface area contributed by atoms with Crippen molar-refractivity contribution in [2.45, 2.75) is 4.90 Å². The van der Waals surface area contributed by atoms with Crippen molar-refractivity contribution >= 4 is 32.4 Å². The molecule has 0 saturated carbocycles. The average molecular weight is 286 g/mol. The van der Waals surface area contributed by atoms with Crippen LogP contribution in [0.3, 0.4) is 0 Å². The highest BCUT2D eigenvalue weighted by Crippen LogP contribution is 2.46. The summed E-state index contributed by atoms with van der Waals surface area (Å²) in [5, 5.41) is 10.4. The van der Waals surface area contributed by atoms with E-state index in [-0.39, 0.29) is 5.69 Å². The van der Waals surface area contributed by atoms with Crippen LogP contribution in [0.15, 0.2) is 29.2 Å². The number of nitro benzene ring substituents is 1. The number of benzene rings is 1. The summed E-state index contributed by atoms with van der Waals surface area (Å²) in [6.07, 6.45) is 0. The van der Waals surface area contributed by atoms with Crippen molar-refractivity contribution in [3.63, 3.8) is 0 Å². The summed E-state index contributed by atoms with van der Waals surface area (Å²) in [6, 6.07) is 5.23. The van der Waals surface area contributed by atoms with E-state index >= 15 is 0 Å². The van der Waals surface area contributed by atoms with Gasteiger partial charge in [-0.2, -0.15) is 0 Å². The number of rotatable bonds is 3. The van der Waals surface area contributed by atoms with E-state index in [0.29, 0.717) is 4.90 Å². The smallest absolute Gasteiger partial charge is 0.298 e. The molecule has 0 aliphatic heterocycles. The first-order chi connectivity index (χ1) is 7.38. The van der Waals surface area contributed by atoms with Crippen LogP contribution in [0.5, 0.6) is 0 Å². The first-order valence-electron chi connectivity index (χ1n) is 3.94. The van der Waals surface area contributed by atoms with Gasteiger partial charge in [0.15, 0.2) is 0 Å². The lowest BCUT2D eigenvalue weighted by molar-refractivity contribution is -0.384. The SMILES string of the molecule is COP(O)(O)=S(Cl)c1ccc([N+](=O)[O-])cc1. The van der Waals surface area contributed by atoms with Gasteiger partial charge in [0.2, 0.25) is 0 Å². The average Bonchev–Trinajstić information content (AvgIpc) is 2.28. The van der Waals surface area contributed by atoms with Gasteiger partial charge in [0, 0.05) is 33.4 Å². The molecule has 0 radical (unpaired) electrons. The van der Waals surface area contributed by atoms with Gasteiger partial charge in [0.05, 0.1) is 4.92 Å². The molecule has 1 aromatic carbocycles. The van der Waals surface area contributed by atoms with Crippen LogP contribution < -0.4 is 0 Å². The molecule has 0 amide bonds. The molecule has 16 heavy (non-hydrogen) atoms. The van der Waals surface area contributed by atoms with E-state index in [1.807, 2.05) is 0 Å². The molecule has 0 aliphatic carbocycles. The van der Waals surface area contributed by atoms with Crippen LogP contribution in [0.1, 0.15) is 0 Å². The maximum Gasteiger partial charge on any atom is 0.298 e. The van der Waals surface area contributed by atoms with Gasteiger partial charge < -0.3 is 14.3 Å². The predicted molar refractivity (Wildman–Crippen MR) is 62.9 cm³/mol. The fourth-order valence-corrected chi connectivity index (χ4v) is 4.05. The monoisotopic (exact) mass is 285 g/mol. The molecule has 1 aromatic rings. The Kier molecular flexibility index (Phi) is 4.49. The number of non-ortho nitro benzene ring substituents is 1. The second-order valence-electron chi connectivity index (χ2n) is 2.66. The van der Waals surface area contributed by atoms with Crippen LogP contribution in [-0.2, 0) is 13.8 Å². The first kappa shape index (κ1) is 13.6. The van der Waals surface area contributed by atoms with E-state index in [2.05, 4.69) is 4.52 Å². The minimum atomic E-state index is -3.65. The minimum absolute atomic E-state index is 0.0883. The molecule has 0 spiro atoms. The zero-order valence-electron chi connectivity index (χ0n) is 8.11. The van der Waals surface area contributed by atoms with Gasteiger partial charge in [-0.05, 0) is 22.8 Å². The maximum atomic E-state index is 10.4. The maximum absolute atomic E-state index is 10.4. The lowest BCUT2D eigenvalue weighted by Gasteiger charge is -2.12. The number of nitrogens with zero attached hydrogens (tertiary/aromatic N) is 1. The second-order valence-corrected chi connectivity index (χ2v) is 9.05. The molecule has 0 aliphatic rings. The molecule has 0 aromatic heterocycles. The topological polar surface area (TPSA) is 92.8 Å². The van der Waals surface area contributed by atoms with Crippen molar-refractivity contribution in [1.29, 1.82) is 0 Å². The Balaban J connectivity index is 3.18. The Bertz CT molecular complexity index is 456. The van der Waals surface area contributed by atoms with E-state index in [0.717, 1.165) is 7.11 Å². The fraction of sp³-hybridized carbons (Fsp3) is 0.143. The molecule has 6 nitrogen and oxygen atoms in total. The van der Waals surface area contributed by atoms with E-state index in [4.69, 9.17) is 10.7 Å². The van der Waals surface area contributed by atoms with Crippen LogP contribution in [0.25, 0.3) is 0 Å². The summed E-state index contributed by atoms with van der Waals surface area (Å²) in [5.74, 6) is 0. The van der Waals surface area contributed by atoms with Crippen LogP contribution in [-0.4, -0.2) is 21.8 Å². The number of hydrogen-bond donors (Lipinski definition) is 2. The van der Waals surface area contributed by atoms with Gasteiger partial charge in [0.1, 0.15) is 0 Å². The highest BCUT2D eigenvalue weighted by Gasteiger charge is 2.16. The van der Waals surface area contributed by atoms with Crippen LogP contribution in [0.2, 0.25) is 0 Å². The summed E-state index contributed by atoms with van der Waals surface area (Å²) in [6.45, 7) is -3.65. The van der Waals surface area contributed by atoms with E-state index in [9.17, 15) is 19.9 Å². The van der Waals surface area contributed by atoms with Crippen LogP contribution >= 0.6 is 17.4 Å². The summed E-state index contributed by atoms with van der Waals surface area (Å²) in [7, 11) is 5.54. The molecule has 1 atom stereocenters. The Morgan fingerprint density at radius 3 is 2.31 bits per heavy atom. The number of nitro groups is 1. The zero-order valence-corrected chi connectivity index (χ0v) is 10.6. The highest BCUT2D eigenvalue weighted by molar-refractivity contribution is 8.40. The molecular weight excluding hydrogens is 277 g/mol. The van der Waals surface area contributed by atoms with E-state index < -0.39 is 20.9 Å². The van der Waals surface area contributed by atoms with Crippen LogP contribution in [0.4, 0.5) is 5.69 Å². The zero-order chi connectivity index (χ0) is 12.3. The van der Waals surface area contributed by atoms with Gasteiger partial charge in [-0.1, -0.05) is 0 Å². The normalized spacial score (nSPS) is 13.5. The molecule has 2 N–H and O–H groups in total. The van der Waals surface area contributed by atoms with Crippen molar-refractivity contribution in [2.24, 2.45) is 0 Å². The molecule has 9 heteroatoms. The summed E-state index contributed by atoms with van der Waals surface area (Å²) < 4.78 is 4.50. The van der Waals surface area contributed by atoms with Crippen molar-refractivity contribution in [1.82, 2.24) is 0 Å². The van der Waals surface area contributed by atoms with Gasteiger partial charge in [-0.15, -0.1) is 0 Å². The number of halogens is 1. The van der Waals surface area contributed by atoms with Crippen molar-refractivity contribution in [2.75, 3.05) is 7.11 Å². The summed E-state index contributed by atoms with van der Waals surface area (Å²) in [5.41, 5.74) is -0.0883. The van der Waals surface area contributed by atoms with Crippen molar-refractivity contribution in [3.8, 4) is 0 Å². The third-order valence-electron chi connectivity index (χ3n) is 1.69. The van der Waals surface area contributed by atoms with Gasteiger partial charge >= 0.3 is 0 Å². The molecular formula is C7H9ClNO5PS. The Morgan fingerprint density at radius 2 is 1.94 bits per heavy atom. The van der Waals surface area contributed by atoms with Crippen LogP contribution in [0, 0.1) is 10.1 Å². The first-order valence-corrected chi connectivity index (χ1v) is 8.21. The predicted octanol–water partition coefficient (Wildman–Crippen LogP) is 2.03. The molecule has 1 unspecified atom stereocenters.